The molecular weight excluding hydrogens is 170 g/mol. The van der Waals surface area contributed by atoms with Crippen molar-refractivity contribution in [3.8, 4) is 12.3 Å². The molecule has 0 aliphatic carbocycles. The lowest BCUT2D eigenvalue weighted by Crippen LogP contribution is -1.92. The maximum atomic E-state index is 5.77. The van der Waals surface area contributed by atoms with E-state index >= 15 is 0 Å². The topological polar surface area (TPSA) is 12.9 Å². The van der Waals surface area contributed by atoms with Crippen molar-refractivity contribution < 1.29 is 0 Å². The minimum Gasteiger partial charge on any atom is -0.241 e. The third kappa shape index (κ3) is 1.99. The molecule has 0 aliphatic heterocycles. The van der Waals surface area contributed by atoms with Crippen molar-refractivity contribution in [1.29, 1.82) is 0 Å². The fourth-order valence-electron chi connectivity index (χ4n) is 1.000. The maximum absolute atomic E-state index is 5.77. The van der Waals surface area contributed by atoms with Crippen molar-refractivity contribution >= 4 is 11.6 Å². The maximum Gasteiger partial charge on any atom is 0.129 e. The quantitative estimate of drug-likeness (QED) is 0.477. The molecular formula is C10H10ClN. The van der Waals surface area contributed by atoms with Crippen molar-refractivity contribution in [2.45, 2.75) is 19.8 Å². The van der Waals surface area contributed by atoms with Gasteiger partial charge in [-0.05, 0) is 31.5 Å². The zero-order chi connectivity index (χ0) is 9.14. The van der Waals surface area contributed by atoms with Crippen LogP contribution in [0.5, 0.6) is 0 Å². The number of rotatable bonds is 1. The Morgan fingerprint density at radius 3 is 2.75 bits per heavy atom. The number of nitrogens with zero attached hydrogens (tertiary/aromatic N) is 1. The van der Waals surface area contributed by atoms with Crippen LogP contribution in [0.15, 0.2) is 12.1 Å². The molecule has 0 radical (unpaired) electrons. The van der Waals surface area contributed by atoms with Crippen LogP contribution in [0, 0.1) is 19.3 Å². The molecule has 0 fully saturated rings. The van der Waals surface area contributed by atoms with Crippen molar-refractivity contribution in [1.82, 2.24) is 4.98 Å². The van der Waals surface area contributed by atoms with E-state index < -0.39 is 0 Å². The van der Waals surface area contributed by atoms with Crippen LogP contribution in [-0.2, 0) is 0 Å². The molecule has 0 spiro atoms. The molecule has 1 heterocycles. The van der Waals surface area contributed by atoms with E-state index in [1.807, 2.05) is 19.9 Å². The third-order valence-electron chi connectivity index (χ3n) is 1.69. The van der Waals surface area contributed by atoms with E-state index in [0.717, 1.165) is 11.3 Å². The highest BCUT2D eigenvalue weighted by Crippen LogP contribution is 2.18. The van der Waals surface area contributed by atoms with E-state index in [4.69, 9.17) is 18.0 Å². The number of halogens is 1. The van der Waals surface area contributed by atoms with Crippen LogP contribution < -0.4 is 0 Å². The van der Waals surface area contributed by atoms with E-state index in [1.54, 1.807) is 6.07 Å². The number of aryl methyl sites for hydroxylation is 1. The average molecular weight is 180 g/mol. The van der Waals surface area contributed by atoms with Crippen molar-refractivity contribution in [2.75, 3.05) is 0 Å². The first-order chi connectivity index (χ1) is 5.63. The predicted molar refractivity (Wildman–Crippen MR) is 51.2 cm³/mol. The summed E-state index contributed by atoms with van der Waals surface area (Å²) in [5.41, 5.74) is 1.95. The Labute approximate surface area is 77.8 Å². The summed E-state index contributed by atoms with van der Waals surface area (Å²) in [5, 5.41) is 0.507. The third-order valence-corrected chi connectivity index (χ3v) is 1.89. The number of hydrogen-bond acceptors (Lipinski definition) is 1. The Kier molecular flexibility index (Phi) is 2.73. The molecule has 0 saturated carbocycles. The van der Waals surface area contributed by atoms with Gasteiger partial charge >= 0.3 is 0 Å². The zero-order valence-corrected chi connectivity index (χ0v) is 7.89. The summed E-state index contributed by atoms with van der Waals surface area (Å²) >= 11 is 5.77. The second-order valence-electron chi connectivity index (χ2n) is 2.75. The van der Waals surface area contributed by atoms with Crippen molar-refractivity contribution in [3.05, 3.63) is 28.5 Å². The Bertz CT molecular complexity index is 305. The normalized spacial score (nSPS) is 12.2. The largest absolute Gasteiger partial charge is 0.241 e. The fraction of sp³-hybridized carbons (Fsp3) is 0.300. The highest BCUT2D eigenvalue weighted by molar-refractivity contribution is 6.29. The van der Waals surface area contributed by atoms with E-state index in [2.05, 4.69) is 10.9 Å². The van der Waals surface area contributed by atoms with Crippen LogP contribution in [0.3, 0.4) is 0 Å². The number of aromatic nitrogens is 1. The molecule has 1 nitrogen and oxygen atoms in total. The lowest BCUT2D eigenvalue weighted by molar-refractivity contribution is 0.987. The van der Waals surface area contributed by atoms with Gasteiger partial charge in [0.25, 0.3) is 0 Å². The lowest BCUT2D eigenvalue weighted by Gasteiger charge is -2.05. The molecule has 1 unspecified atom stereocenters. The summed E-state index contributed by atoms with van der Waals surface area (Å²) in [4.78, 5) is 4.05. The minimum atomic E-state index is 0.101. The standard InChI is InChI=1S/C10H10ClN/c1-4-7(2)9-5-8(3)12-10(11)6-9/h1,5-7H,2-3H3. The Morgan fingerprint density at radius 2 is 2.25 bits per heavy atom. The molecule has 12 heavy (non-hydrogen) atoms. The van der Waals surface area contributed by atoms with Gasteiger partial charge in [0.1, 0.15) is 5.15 Å². The van der Waals surface area contributed by atoms with Crippen LogP contribution >= 0.6 is 11.6 Å². The molecule has 0 amide bonds. The van der Waals surface area contributed by atoms with E-state index in [0.29, 0.717) is 5.15 Å². The van der Waals surface area contributed by atoms with Gasteiger partial charge in [-0.1, -0.05) is 17.5 Å². The number of hydrogen-bond donors (Lipinski definition) is 0. The average Bonchev–Trinajstić information content (AvgIpc) is 2.01. The van der Waals surface area contributed by atoms with Gasteiger partial charge in [-0.3, -0.25) is 0 Å². The molecule has 62 valence electrons. The molecule has 1 aromatic heterocycles. The SMILES string of the molecule is C#CC(C)c1cc(C)nc(Cl)c1. The Hall–Kier alpha value is -1.00. The van der Waals surface area contributed by atoms with Crippen LogP contribution in [0.1, 0.15) is 24.1 Å². The molecule has 0 bridgehead atoms. The Balaban J connectivity index is 3.10. The molecule has 1 aromatic rings. The van der Waals surface area contributed by atoms with Crippen LogP contribution in [-0.4, -0.2) is 4.98 Å². The minimum absolute atomic E-state index is 0.101. The smallest absolute Gasteiger partial charge is 0.129 e. The fourth-order valence-corrected chi connectivity index (χ4v) is 1.26. The van der Waals surface area contributed by atoms with Gasteiger partial charge < -0.3 is 0 Å². The molecule has 1 rings (SSSR count). The number of terminal acetylenes is 1. The number of pyridine rings is 1. The first-order valence-electron chi connectivity index (χ1n) is 3.73. The molecule has 0 saturated heterocycles. The first-order valence-corrected chi connectivity index (χ1v) is 4.11. The van der Waals surface area contributed by atoms with Crippen molar-refractivity contribution in [2.24, 2.45) is 0 Å². The molecule has 0 N–H and O–H groups in total. The van der Waals surface area contributed by atoms with Gasteiger partial charge in [-0.2, -0.15) is 0 Å². The van der Waals surface area contributed by atoms with E-state index in [-0.39, 0.29) is 5.92 Å². The second-order valence-corrected chi connectivity index (χ2v) is 3.14. The molecule has 2 heteroatoms. The van der Waals surface area contributed by atoms with Crippen molar-refractivity contribution in [3.63, 3.8) is 0 Å². The molecule has 1 atom stereocenters. The summed E-state index contributed by atoms with van der Waals surface area (Å²) in [6, 6.07) is 3.76. The monoisotopic (exact) mass is 179 g/mol. The summed E-state index contributed by atoms with van der Waals surface area (Å²) in [6.07, 6.45) is 5.29. The molecule has 0 aromatic carbocycles. The van der Waals surface area contributed by atoms with Crippen LogP contribution in [0.2, 0.25) is 5.15 Å². The van der Waals surface area contributed by atoms with E-state index in [9.17, 15) is 0 Å². The lowest BCUT2D eigenvalue weighted by atomic mass is 10.0. The molecule has 0 aliphatic rings. The summed E-state index contributed by atoms with van der Waals surface area (Å²) in [6.45, 7) is 3.86. The van der Waals surface area contributed by atoms with E-state index in [1.165, 1.54) is 0 Å². The highest BCUT2D eigenvalue weighted by atomic mass is 35.5. The van der Waals surface area contributed by atoms with Gasteiger partial charge in [-0.15, -0.1) is 6.42 Å². The van der Waals surface area contributed by atoms with Crippen LogP contribution in [0.4, 0.5) is 0 Å². The zero-order valence-electron chi connectivity index (χ0n) is 7.13. The van der Waals surface area contributed by atoms with Gasteiger partial charge in [0, 0.05) is 11.6 Å². The second kappa shape index (κ2) is 3.60. The van der Waals surface area contributed by atoms with Gasteiger partial charge in [0.2, 0.25) is 0 Å². The predicted octanol–water partition coefficient (Wildman–Crippen LogP) is 2.78. The van der Waals surface area contributed by atoms with Gasteiger partial charge in [0.15, 0.2) is 0 Å². The van der Waals surface area contributed by atoms with Gasteiger partial charge in [-0.25, -0.2) is 4.98 Å². The highest BCUT2D eigenvalue weighted by Gasteiger charge is 2.03. The first kappa shape index (κ1) is 9.09. The summed E-state index contributed by atoms with van der Waals surface area (Å²) in [5.74, 6) is 2.75. The summed E-state index contributed by atoms with van der Waals surface area (Å²) in [7, 11) is 0. The summed E-state index contributed by atoms with van der Waals surface area (Å²) < 4.78 is 0. The van der Waals surface area contributed by atoms with Crippen LogP contribution in [0.25, 0.3) is 0 Å². The Morgan fingerprint density at radius 1 is 1.58 bits per heavy atom. The van der Waals surface area contributed by atoms with Gasteiger partial charge in [0.05, 0.1) is 0 Å².